The standard InChI is InChI=1S/C10H8ClNOS/c11-5-10-12-9(6-14-10)7-1-3-8(13)4-2-7/h1-4,6,13H,5H2. The van der Waals surface area contributed by atoms with Gasteiger partial charge in [0.2, 0.25) is 0 Å². The molecule has 0 unspecified atom stereocenters. The van der Waals surface area contributed by atoms with Crippen LogP contribution in [-0.2, 0) is 5.88 Å². The molecule has 0 aliphatic rings. The molecule has 72 valence electrons. The highest BCUT2D eigenvalue weighted by molar-refractivity contribution is 7.10. The highest BCUT2D eigenvalue weighted by Gasteiger charge is 2.03. The lowest BCUT2D eigenvalue weighted by atomic mass is 10.2. The van der Waals surface area contributed by atoms with Crippen LogP contribution in [0.5, 0.6) is 5.75 Å². The number of phenolic OH excluding ortho intramolecular Hbond substituents is 1. The van der Waals surface area contributed by atoms with Crippen LogP contribution in [-0.4, -0.2) is 10.1 Å². The predicted molar refractivity (Wildman–Crippen MR) is 58.8 cm³/mol. The molecule has 1 N–H and O–H groups in total. The van der Waals surface area contributed by atoms with Crippen molar-refractivity contribution in [2.75, 3.05) is 0 Å². The van der Waals surface area contributed by atoms with E-state index in [1.165, 1.54) is 0 Å². The van der Waals surface area contributed by atoms with E-state index in [0.29, 0.717) is 5.88 Å². The normalized spacial score (nSPS) is 10.4. The average Bonchev–Trinajstić information content (AvgIpc) is 2.67. The zero-order valence-electron chi connectivity index (χ0n) is 7.27. The Kier molecular flexibility index (Phi) is 2.70. The second-order valence-electron chi connectivity index (χ2n) is 2.81. The van der Waals surface area contributed by atoms with E-state index in [1.807, 2.05) is 17.5 Å². The quantitative estimate of drug-likeness (QED) is 0.796. The van der Waals surface area contributed by atoms with Crippen LogP contribution in [0.4, 0.5) is 0 Å². The van der Waals surface area contributed by atoms with Gasteiger partial charge in [0.1, 0.15) is 10.8 Å². The van der Waals surface area contributed by atoms with Gasteiger partial charge in [0.05, 0.1) is 11.6 Å². The van der Waals surface area contributed by atoms with Gasteiger partial charge in [-0.3, -0.25) is 0 Å². The van der Waals surface area contributed by atoms with Crippen LogP contribution in [0.25, 0.3) is 11.3 Å². The van der Waals surface area contributed by atoms with Crippen LogP contribution in [0, 0.1) is 0 Å². The fraction of sp³-hybridized carbons (Fsp3) is 0.100. The number of hydrogen-bond donors (Lipinski definition) is 1. The van der Waals surface area contributed by atoms with Gasteiger partial charge in [0.15, 0.2) is 0 Å². The highest BCUT2D eigenvalue weighted by atomic mass is 35.5. The lowest BCUT2D eigenvalue weighted by Gasteiger charge is -1.95. The van der Waals surface area contributed by atoms with E-state index >= 15 is 0 Å². The number of benzene rings is 1. The molecule has 14 heavy (non-hydrogen) atoms. The van der Waals surface area contributed by atoms with E-state index in [-0.39, 0.29) is 5.75 Å². The molecule has 2 rings (SSSR count). The molecule has 2 nitrogen and oxygen atoms in total. The van der Waals surface area contributed by atoms with Crippen molar-refractivity contribution in [1.29, 1.82) is 0 Å². The Hall–Kier alpha value is -1.06. The zero-order valence-corrected chi connectivity index (χ0v) is 8.85. The summed E-state index contributed by atoms with van der Waals surface area (Å²) < 4.78 is 0. The summed E-state index contributed by atoms with van der Waals surface area (Å²) in [5, 5.41) is 12.0. The molecule has 0 radical (unpaired) electrons. The number of aromatic nitrogens is 1. The van der Waals surface area contributed by atoms with E-state index in [1.54, 1.807) is 23.5 Å². The van der Waals surface area contributed by atoms with Crippen LogP contribution >= 0.6 is 22.9 Å². The first-order valence-corrected chi connectivity index (χ1v) is 5.51. The maximum Gasteiger partial charge on any atom is 0.115 e. The molecular weight excluding hydrogens is 218 g/mol. The van der Waals surface area contributed by atoms with Crippen molar-refractivity contribution in [3.05, 3.63) is 34.7 Å². The molecule has 4 heteroatoms. The molecule has 0 amide bonds. The Morgan fingerprint density at radius 1 is 1.29 bits per heavy atom. The lowest BCUT2D eigenvalue weighted by molar-refractivity contribution is 0.475. The van der Waals surface area contributed by atoms with Crippen LogP contribution in [0.3, 0.4) is 0 Å². The monoisotopic (exact) mass is 225 g/mol. The number of rotatable bonds is 2. The molecule has 0 saturated heterocycles. The maximum absolute atomic E-state index is 9.12. The minimum absolute atomic E-state index is 0.265. The van der Waals surface area contributed by atoms with E-state index in [4.69, 9.17) is 16.7 Å². The van der Waals surface area contributed by atoms with Gasteiger partial charge in [-0.15, -0.1) is 22.9 Å². The summed E-state index contributed by atoms with van der Waals surface area (Å²) in [6, 6.07) is 6.97. The highest BCUT2D eigenvalue weighted by Crippen LogP contribution is 2.24. The SMILES string of the molecule is Oc1ccc(-c2csc(CCl)n2)cc1. The van der Waals surface area contributed by atoms with E-state index in [9.17, 15) is 0 Å². The molecule has 0 fully saturated rings. The summed E-state index contributed by atoms with van der Waals surface area (Å²) in [6.45, 7) is 0. The molecule has 0 aliphatic heterocycles. The lowest BCUT2D eigenvalue weighted by Crippen LogP contribution is -1.78. The molecule has 0 aliphatic carbocycles. The van der Waals surface area contributed by atoms with Gasteiger partial charge in [-0.2, -0.15) is 0 Å². The second-order valence-corrected chi connectivity index (χ2v) is 4.02. The maximum atomic E-state index is 9.12. The van der Waals surface area contributed by atoms with Crippen LogP contribution in [0.1, 0.15) is 5.01 Å². The van der Waals surface area contributed by atoms with Gasteiger partial charge in [-0.1, -0.05) is 0 Å². The summed E-state index contributed by atoms with van der Waals surface area (Å²) in [4.78, 5) is 4.33. The number of aromatic hydroxyl groups is 1. The van der Waals surface area contributed by atoms with Crippen molar-refractivity contribution in [3.8, 4) is 17.0 Å². The first kappa shape index (κ1) is 9.49. The number of thiazole rings is 1. The molecular formula is C10H8ClNOS. The second kappa shape index (κ2) is 3.98. The number of nitrogens with zero attached hydrogens (tertiary/aromatic N) is 1. The van der Waals surface area contributed by atoms with Gasteiger partial charge in [-0.05, 0) is 24.3 Å². The summed E-state index contributed by atoms with van der Waals surface area (Å²) >= 11 is 7.20. The van der Waals surface area contributed by atoms with Gasteiger partial charge < -0.3 is 5.11 Å². The summed E-state index contributed by atoms with van der Waals surface area (Å²) in [5.41, 5.74) is 1.90. The Morgan fingerprint density at radius 3 is 2.57 bits per heavy atom. The smallest absolute Gasteiger partial charge is 0.115 e. The van der Waals surface area contributed by atoms with Gasteiger partial charge in [0.25, 0.3) is 0 Å². The number of phenols is 1. The largest absolute Gasteiger partial charge is 0.508 e. The van der Waals surface area contributed by atoms with Gasteiger partial charge in [-0.25, -0.2) is 4.98 Å². The zero-order chi connectivity index (χ0) is 9.97. The molecule has 1 heterocycles. The Balaban J connectivity index is 2.34. The van der Waals surface area contributed by atoms with Crippen molar-refractivity contribution in [2.45, 2.75) is 5.88 Å². The molecule has 2 aromatic rings. The molecule has 0 bridgehead atoms. The van der Waals surface area contributed by atoms with Crippen LogP contribution in [0.15, 0.2) is 29.6 Å². The molecule has 0 saturated carbocycles. The van der Waals surface area contributed by atoms with Crippen molar-refractivity contribution >= 4 is 22.9 Å². The summed E-state index contributed by atoms with van der Waals surface area (Å²) in [6.07, 6.45) is 0. The Morgan fingerprint density at radius 2 is 2.00 bits per heavy atom. The Labute approximate surface area is 90.8 Å². The van der Waals surface area contributed by atoms with E-state index in [2.05, 4.69) is 4.98 Å². The first-order valence-electron chi connectivity index (χ1n) is 4.09. The average molecular weight is 226 g/mol. The summed E-state index contributed by atoms with van der Waals surface area (Å²) in [5.74, 6) is 0.712. The third kappa shape index (κ3) is 1.89. The van der Waals surface area contributed by atoms with Crippen molar-refractivity contribution in [3.63, 3.8) is 0 Å². The summed E-state index contributed by atoms with van der Waals surface area (Å²) in [7, 11) is 0. The third-order valence-corrected chi connectivity index (χ3v) is 3.09. The molecule has 0 atom stereocenters. The van der Waals surface area contributed by atoms with E-state index in [0.717, 1.165) is 16.3 Å². The number of alkyl halides is 1. The van der Waals surface area contributed by atoms with Crippen molar-refractivity contribution < 1.29 is 5.11 Å². The topological polar surface area (TPSA) is 33.1 Å². The Bertz CT molecular complexity index is 424. The minimum Gasteiger partial charge on any atom is -0.508 e. The molecule has 1 aromatic heterocycles. The van der Waals surface area contributed by atoms with E-state index < -0.39 is 0 Å². The fourth-order valence-electron chi connectivity index (χ4n) is 1.14. The predicted octanol–water partition coefficient (Wildman–Crippen LogP) is 3.25. The van der Waals surface area contributed by atoms with Crippen molar-refractivity contribution in [2.24, 2.45) is 0 Å². The molecule has 1 aromatic carbocycles. The van der Waals surface area contributed by atoms with Gasteiger partial charge >= 0.3 is 0 Å². The minimum atomic E-state index is 0.265. The van der Waals surface area contributed by atoms with Crippen LogP contribution < -0.4 is 0 Å². The first-order chi connectivity index (χ1) is 6.79. The fourth-order valence-corrected chi connectivity index (χ4v) is 2.04. The van der Waals surface area contributed by atoms with Crippen molar-refractivity contribution in [1.82, 2.24) is 4.98 Å². The number of halogens is 1. The molecule has 0 spiro atoms. The third-order valence-electron chi connectivity index (χ3n) is 1.83. The number of hydrogen-bond acceptors (Lipinski definition) is 3. The van der Waals surface area contributed by atoms with Gasteiger partial charge in [0, 0.05) is 10.9 Å². The van der Waals surface area contributed by atoms with Crippen LogP contribution in [0.2, 0.25) is 0 Å².